The fourth-order valence-electron chi connectivity index (χ4n) is 5.11. The highest BCUT2D eigenvalue weighted by atomic mass is 16.1. The van der Waals surface area contributed by atoms with Gasteiger partial charge in [0.05, 0.1) is 40.0 Å². The van der Waals surface area contributed by atoms with Gasteiger partial charge in [0, 0.05) is 18.0 Å². The topological polar surface area (TPSA) is 96.5 Å². The summed E-state index contributed by atoms with van der Waals surface area (Å²) in [4.78, 5) is 35.1. The number of nitrogens with zero attached hydrogens (tertiary/aromatic N) is 4. The van der Waals surface area contributed by atoms with Crippen molar-refractivity contribution in [3.63, 3.8) is 0 Å². The number of hydrogen-bond acceptors (Lipinski definition) is 5. The van der Waals surface area contributed by atoms with Gasteiger partial charge in [-0.2, -0.15) is 0 Å². The van der Waals surface area contributed by atoms with E-state index in [1.54, 1.807) is 24.7 Å². The van der Waals surface area contributed by atoms with Crippen molar-refractivity contribution in [1.29, 1.82) is 0 Å². The van der Waals surface area contributed by atoms with Crippen LogP contribution in [0.25, 0.3) is 44.6 Å². The highest BCUT2D eigenvalue weighted by Gasteiger charge is 2.32. The van der Waals surface area contributed by atoms with E-state index in [2.05, 4.69) is 49.5 Å². The number of carbonyl (C=O) groups is 1. The lowest BCUT2D eigenvalue weighted by atomic mass is 9.98. The Hall–Kier alpha value is -4.91. The summed E-state index contributed by atoms with van der Waals surface area (Å²) in [5, 5.41) is 3.28. The molecule has 0 saturated carbocycles. The number of H-pyrrole nitrogens is 1. The van der Waals surface area contributed by atoms with Gasteiger partial charge in [-0.1, -0.05) is 48.5 Å². The Kier molecular flexibility index (Phi) is 4.44. The second-order valence-corrected chi connectivity index (χ2v) is 8.93. The Bertz CT molecular complexity index is 1790. The molecule has 0 bridgehead atoms. The van der Waals surface area contributed by atoms with Crippen molar-refractivity contribution in [2.45, 2.75) is 13.0 Å². The number of hydrogen-bond donors (Lipinski definition) is 2. The molecule has 36 heavy (non-hydrogen) atoms. The Morgan fingerprint density at radius 3 is 2.61 bits per heavy atom. The molecule has 0 spiro atoms. The fraction of sp³-hybridized carbons (Fsp3) is 0.0690. The van der Waals surface area contributed by atoms with Crippen LogP contribution in [0.2, 0.25) is 0 Å². The van der Waals surface area contributed by atoms with Gasteiger partial charge in [0.25, 0.3) is 5.91 Å². The first kappa shape index (κ1) is 20.5. The molecular formula is C29H20N6O. The highest BCUT2D eigenvalue weighted by molar-refractivity contribution is 6.05. The third kappa shape index (κ3) is 3.10. The van der Waals surface area contributed by atoms with Crippen LogP contribution in [-0.4, -0.2) is 30.8 Å². The Morgan fingerprint density at radius 2 is 1.69 bits per heavy atom. The molecule has 0 saturated heterocycles. The zero-order valence-corrected chi connectivity index (χ0v) is 19.4. The summed E-state index contributed by atoms with van der Waals surface area (Å²) in [6, 6.07) is 21.4. The molecule has 7 nitrogen and oxygen atoms in total. The molecule has 1 aliphatic carbocycles. The minimum absolute atomic E-state index is 0.187. The molecule has 0 unspecified atom stereocenters. The van der Waals surface area contributed by atoms with Crippen LogP contribution in [0.3, 0.4) is 0 Å². The van der Waals surface area contributed by atoms with Gasteiger partial charge in [0.2, 0.25) is 0 Å². The molecule has 1 amide bonds. The molecule has 6 aromatic rings. The number of aromatic nitrogens is 5. The van der Waals surface area contributed by atoms with Crippen LogP contribution >= 0.6 is 0 Å². The smallest absolute Gasteiger partial charge is 0.254 e. The Labute approximate surface area is 206 Å². The van der Waals surface area contributed by atoms with Gasteiger partial charge in [-0.3, -0.25) is 14.8 Å². The van der Waals surface area contributed by atoms with Crippen LogP contribution in [0.4, 0.5) is 0 Å². The molecule has 172 valence electrons. The minimum Gasteiger partial charge on any atom is -0.341 e. The number of benzene rings is 3. The van der Waals surface area contributed by atoms with Gasteiger partial charge < -0.3 is 10.3 Å². The minimum atomic E-state index is -0.303. The maximum absolute atomic E-state index is 13.6. The molecule has 1 atom stereocenters. The van der Waals surface area contributed by atoms with Crippen molar-refractivity contribution in [3.8, 4) is 22.5 Å². The number of rotatable bonds is 3. The molecule has 7 heteroatoms. The Morgan fingerprint density at radius 1 is 0.861 bits per heavy atom. The van der Waals surface area contributed by atoms with E-state index in [4.69, 9.17) is 4.98 Å². The summed E-state index contributed by atoms with van der Waals surface area (Å²) >= 11 is 0. The summed E-state index contributed by atoms with van der Waals surface area (Å²) in [6.45, 7) is 1.88. The first-order valence-electron chi connectivity index (χ1n) is 11.7. The van der Waals surface area contributed by atoms with E-state index in [-0.39, 0.29) is 11.9 Å². The number of nitrogens with one attached hydrogen (secondary N) is 2. The van der Waals surface area contributed by atoms with Gasteiger partial charge >= 0.3 is 0 Å². The molecule has 0 fully saturated rings. The molecular weight excluding hydrogens is 448 g/mol. The van der Waals surface area contributed by atoms with Crippen molar-refractivity contribution in [3.05, 3.63) is 108 Å². The molecule has 0 aliphatic heterocycles. The van der Waals surface area contributed by atoms with Gasteiger partial charge in [0.15, 0.2) is 0 Å². The van der Waals surface area contributed by atoms with Crippen LogP contribution in [-0.2, 0) is 0 Å². The van der Waals surface area contributed by atoms with Crippen molar-refractivity contribution in [2.24, 2.45) is 0 Å². The monoisotopic (exact) mass is 468 g/mol. The van der Waals surface area contributed by atoms with Gasteiger partial charge in [-0.15, -0.1) is 0 Å². The van der Waals surface area contributed by atoms with Crippen molar-refractivity contribution >= 4 is 28.0 Å². The lowest BCUT2D eigenvalue weighted by molar-refractivity contribution is 0.0945. The van der Waals surface area contributed by atoms with Gasteiger partial charge in [-0.05, 0) is 47.4 Å². The predicted octanol–water partition coefficient (Wildman–Crippen LogP) is 5.38. The molecule has 1 aliphatic rings. The summed E-state index contributed by atoms with van der Waals surface area (Å²) < 4.78 is 0. The molecule has 3 aromatic heterocycles. The predicted molar refractivity (Wildman–Crippen MR) is 138 cm³/mol. The number of aryl methyl sites for hydroxylation is 1. The van der Waals surface area contributed by atoms with Crippen LogP contribution in [0.15, 0.2) is 85.3 Å². The number of aromatic amines is 1. The standard InChI is InChI=1S/C29H20N6O/c1-16-14-31-23-11-5-10-21(27(23)32-16)29(36)35-26-18-7-3-2-6-17(18)25-19(26)8-4-9-20(25)28-33-22-12-13-30-15-24(22)34-28/h2-15,26H,1H3,(H,33,34)(H,35,36)/t26-/m1/s1. The van der Waals surface area contributed by atoms with Crippen LogP contribution < -0.4 is 5.32 Å². The lowest BCUT2D eigenvalue weighted by Gasteiger charge is -2.17. The molecule has 3 aromatic carbocycles. The number of amides is 1. The van der Waals surface area contributed by atoms with Crippen molar-refractivity contribution in [2.75, 3.05) is 0 Å². The number of imidazole rings is 1. The zero-order valence-electron chi connectivity index (χ0n) is 19.4. The number of para-hydroxylation sites is 1. The number of fused-ring (bicyclic) bond motifs is 5. The summed E-state index contributed by atoms with van der Waals surface area (Å²) in [5.74, 6) is 0.588. The van der Waals surface area contributed by atoms with Crippen LogP contribution in [0.5, 0.6) is 0 Å². The van der Waals surface area contributed by atoms with Crippen LogP contribution in [0.1, 0.15) is 33.2 Å². The molecule has 3 heterocycles. The molecule has 7 rings (SSSR count). The first-order valence-corrected chi connectivity index (χ1v) is 11.7. The average Bonchev–Trinajstić information content (AvgIpc) is 3.48. The lowest BCUT2D eigenvalue weighted by Crippen LogP contribution is -2.28. The maximum atomic E-state index is 13.6. The van der Waals surface area contributed by atoms with Gasteiger partial charge in [0.1, 0.15) is 11.3 Å². The average molecular weight is 469 g/mol. The van der Waals surface area contributed by atoms with E-state index in [1.165, 1.54) is 0 Å². The summed E-state index contributed by atoms with van der Waals surface area (Å²) in [7, 11) is 0. The van der Waals surface area contributed by atoms with Crippen molar-refractivity contribution < 1.29 is 4.79 Å². The largest absolute Gasteiger partial charge is 0.341 e. The van der Waals surface area contributed by atoms with E-state index in [0.29, 0.717) is 16.6 Å². The highest BCUT2D eigenvalue weighted by Crippen LogP contribution is 2.47. The Balaban J connectivity index is 1.35. The van der Waals surface area contributed by atoms with Gasteiger partial charge in [-0.25, -0.2) is 9.97 Å². The number of pyridine rings is 1. The molecule has 0 radical (unpaired) electrons. The van der Waals surface area contributed by atoms with E-state index in [1.807, 2.05) is 43.3 Å². The SMILES string of the molecule is Cc1cnc2cccc(C(=O)N[C@@H]3c4ccccc4-c4c(-c5nc6ccncc6[nH]5)cccc43)c2n1. The third-order valence-electron chi connectivity index (χ3n) is 6.70. The van der Waals surface area contributed by atoms with Crippen LogP contribution in [0, 0.1) is 6.92 Å². The third-order valence-corrected chi connectivity index (χ3v) is 6.70. The van der Waals surface area contributed by atoms with E-state index in [9.17, 15) is 4.79 Å². The molecule has 2 N–H and O–H groups in total. The second-order valence-electron chi connectivity index (χ2n) is 8.93. The number of carbonyl (C=O) groups excluding carboxylic acids is 1. The fourth-order valence-corrected chi connectivity index (χ4v) is 5.11. The quantitative estimate of drug-likeness (QED) is 0.364. The summed E-state index contributed by atoms with van der Waals surface area (Å²) in [5.41, 5.74) is 9.54. The zero-order chi connectivity index (χ0) is 24.2. The maximum Gasteiger partial charge on any atom is 0.254 e. The second kappa shape index (κ2) is 7.81. The van der Waals surface area contributed by atoms with E-state index in [0.717, 1.165) is 50.4 Å². The van der Waals surface area contributed by atoms with Crippen molar-refractivity contribution in [1.82, 2.24) is 30.2 Å². The first-order chi connectivity index (χ1) is 17.7. The van der Waals surface area contributed by atoms with E-state index < -0.39 is 0 Å². The van der Waals surface area contributed by atoms with E-state index >= 15 is 0 Å². The summed E-state index contributed by atoms with van der Waals surface area (Å²) in [6.07, 6.45) is 5.23. The normalized spacial score (nSPS) is 14.1.